The van der Waals surface area contributed by atoms with Gasteiger partial charge in [-0.2, -0.15) is 0 Å². The molecule has 0 aliphatic heterocycles. The topological polar surface area (TPSA) is 65.4 Å². The smallest absolute Gasteiger partial charge is 0.234 e. The summed E-state index contributed by atoms with van der Waals surface area (Å²) in [5.41, 5.74) is 1.88. The molecular formula is C20H21N3O3S. The molecule has 0 radical (unpaired) electrons. The molecule has 0 atom stereocenters. The number of aromatic nitrogens is 2. The van der Waals surface area contributed by atoms with Crippen LogP contribution >= 0.6 is 11.8 Å². The van der Waals surface area contributed by atoms with E-state index in [0.717, 1.165) is 27.9 Å². The van der Waals surface area contributed by atoms with Crippen molar-refractivity contribution in [1.82, 2.24) is 9.55 Å². The van der Waals surface area contributed by atoms with Gasteiger partial charge in [-0.3, -0.25) is 4.79 Å². The lowest BCUT2D eigenvalue weighted by molar-refractivity contribution is -0.113. The predicted molar refractivity (Wildman–Crippen MR) is 107 cm³/mol. The molecule has 0 saturated carbocycles. The Morgan fingerprint density at radius 3 is 2.30 bits per heavy atom. The van der Waals surface area contributed by atoms with Crippen molar-refractivity contribution in [2.24, 2.45) is 0 Å². The van der Waals surface area contributed by atoms with E-state index >= 15 is 0 Å². The van der Waals surface area contributed by atoms with Gasteiger partial charge in [0, 0.05) is 24.6 Å². The maximum absolute atomic E-state index is 12.2. The lowest BCUT2D eigenvalue weighted by atomic mass is 10.2. The lowest BCUT2D eigenvalue weighted by Crippen LogP contribution is -2.14. The SMILES string of the molecule is COc1ccc(Cn2ccnc2SCC(=O)Nc2ccc(OC)cc2)cc1. The summed E-state index contributed by atoms with van der Waals surface area (Å²) in [4.78, 5) is 16.5. The first-order valence-corrected chi connectivity index (χ1v) is 9.37. The molecule has 1 amide bonds. The molecule has 0 unspecified atom stereocenters. The Kier molecular flexibility index (Phi) is 6.38. The molecule has 0 fully saturated rings. The van der Waals surface area contributed by atoms with Gasteiger partial charge in [-0.25, -0.2) is 4.98 Å². The number of imidazole rings is 1. The molecule has 3 rings (SSSR count). The van der Waals surface area contributed by atoms with Gasteiger partial charge in [0.1, 0.15) is 11.5 Å². The second-order valence-corrected chi connectivity index (χ2v) is 6.69. The van der Waals surface area contributed by atoms with Crippen LogP contribution in [0, 0.1) is 0 Å². The summed E-state index contributed by atoms with van der Waals surface area (Å²) in [6, 6.07) is 15.1. The highest BCUT2D eigenvalue weighted by atomic mass is 32.2. The second-order valence-electron chi connectivity index (χ2n) is 5.75. The monoisotopic (exact) mass is 383 g/mol. The number of ether oxygens (including phenoxy) is 2. The molecule has 140 valence electrons. The molecule has 1 heterocycles. The maximum atomic E-state index is 12.2. The molecule has 0 spiro atoms. The van der Waals surface area contributed by atoms with Gasteiger partial charge in [-0.15, -0.1) is 0 Å². The van der Waals surface area contributed by atoms with Crippen LogP contribution in [0.4, 0.5) is 5.69 Å². The highest BCUT2D eigenvalue weighted by molar-refractivity contribution is 7.99. The number of carbonyl (C=O) groups excluding carboxylic acids is 1. The Morgan fingerprint density at radius 1 is 1.04 bits per heavy atom. The largest absolute Gasteiger partial charge is 0.497 e. The average Bonchev–Trinajstić information content (AvgIpc) is 3.14. The van der Waals surface area contributed by atoms with Gasteiger partial charge in [-0.1, -0.05) is 23.9 Å². The van der Waals surface area contributed by atoms with Crippen molar-refractivity contribution < 1.29 is 14.3 Å². The molecule has 27 heavy (non-hydrogen) atoms. The molecule has 7 heteroatoms. The van der Waals surface area contributed by atoms with Crippen molar-refractivity contribution in [1.29, 1.82) is 0 Å². The normalized spacial score (nSPS) is 10.4. The molecule has 3 aromatic rings. The number of hydrogen-bond donors (Lipinski definition) is 1. The van der Waals surface area contributed by atoms with E-state index in [1.54, 1.807) is 20.4 Å². The number of thioether (sulfide) groups is 1. The van der Waals surface area contributed by atoms with Crippen LogP contribution in [0.25, 0.3) is 0 Å². The summed E-state index contributed by atoms with van der Waals surface area (Å²) in [6.45, 7) is 0.687. The Hall–Kier alpha value is -2.93. The average molecular weight is 383 g/mol. The number of carbonyl (C=O) groups is 1. The lowest BCUT2D eigenvalue weighted by Gasteiger charge is -2.09. The van der Waals surface area contributed by atoms with E-state index in [-0.39, 0.29) is 11.7 Å². The van der Waals surface area contributed by atoms with Crippen molar-refractivity contribution in [3.63, 3.8) is 0 Å². The Bertz CT molecular complexity index is 876. The third-order valence-corrected chi connectivity index (χ3v) is 4.90. The fourth-order valence-corrected chi connectivity index (χ4v) is 3.24. The Balaban J connectivity index is 1.54. The minimum atomic E-state index is -0.0795. The van der Waals surface area contributed by atoms with Crippen molar-refractivity contribution in [3.05, 3.63) is 66.5 Å². The maximum Gasteiger partial charge on any atom is 0.234 e. The second kappa shape index (κ2) is 9.14. The number of nitrogens with zero attached hydrogens (tertiary/aromatic N) is 2. The van der Waals surface area contributed by atoms with Crippen LogP contribution in [0.1, 0.15) is 5.56 Å². The highest BCUT2D eigenvalue weighted by Crippen LogP contribution is 2.20. The zero-order valence-corrected chi connectivity index (χ0v) is 16.0. The van der Waals surface area contributed by atoms with Gasteiger partial charge in [-0.05, 0) is 42.0 Å². The summed E-state index contributed by atoms with van der Waals surface area (Å²) in [6.07, 6.45) is 3.65. The third-order valence-electron chi connectivity index (χ3n) is 3.90. The Morgan fingerprint density at radius 2 is 1.67 bits per heavy atom. The van der Waals surface area contributed by atoms with Gasteiger partial charge >= 0.3 is 0 Å². The van der Waals surface area contributed by atoms with Gasteiger partial charge in [0.25, 0.3) is 0 Å². The van der Waals surface area contributed by atoms with Gasteiger partial charge in [0.15, 0.2) is 5.16 Å². The summed E-state index contributed by atoms with van der Waals surface area (Å²) >= 11 is 1.41. The predicted octanol–water partition coefficient (Wildman–Crippen LogP) is 3.68. The molecule has 0 aliphatic rings. The van der Waals surface area contributed by atoms with E-state index < -0.39 is 0 Å². The number of amides is 1. The summed E-state index contributed by atoms with van der Waals surface area (Å²) in [7, 11) is 3.26. The van der Waals surface area contributed by atoms with E-state index in [0.29, 0.717) is 6.54 Å². The molecule has 2 aromatic carbocycles. The zero-order chi connectivity index (χ0) is 19.1. The number of benzene rings is 2. The number of nitrogens with one attached hydrogen (secondary N) is 1. The van der Waals surface area contributed by atoms with Crippen LogP contribution < -0.4 is 14.8 Å². The van der Waals surface area contributed by atoms with E-state index in [1.807, 2.05) is 59.3 Å². The fourth-order valence-electron chi connectivity index (χ4n) is 2.49. The van der Waals surface area contributed by atoms with Gasteiger partial charge < -0.3 is 19.4 Å². The first-order chi connectivity index (χ1) is 13.2. The third kappa shape index (κ3) is 5.27. The van der Waals surface area contributed by atoms with Crippen LogP contribution in [0.15, 0.2) is 66.1 Å². The van der Waals surface area contributed by atoms with E-state index in [1.165, 1.54) is 11.8 Å². The van der Waals surface area contributed by atoms with Crippen LogP contribution in [0.5, 0.6) is 11.5 Å². The minimum Gasteiger partial charge on any atom is -0.497 e. The van der Waals surface area contributed by atoms with E-state index in [4.69, 9.17) is 9.47 Å². The molecular weight excluding hydrogens is 362 g/mol. The van der Waals surface area contributed by atoms with Crippen LogP contribution in [0.2, 0.25) is 0 Å². The Labute approximate surface area is 162 Å². The van der Waals surface area contributed by atoms with Gasteiger partial charge in [0.2, 0.25) is 5.91 Å². The van der Waals surface area contributed by atoms with Crippen molar-refractivity contribution >= 4 is 23.4 Å². The molecule has 1 N–H and O–H groups in total. The van der Waals surface area contributed by atoms with E-state index in [2.05, 4.69) is 10.3 Å². The highest BCUT2D eigenvalue weighted by Gasteiger charge is 2.09. The van der Waals surface area contributed by atoms with Crippen molar-refractivity contribution in [2.45, 2.75) is 11.7 Å². The first-order valence-electron chi connectivity index (χ1n) is 8.38. The summed E-state index contributed by atoms with van der Waals surface area (Å²) < 4.78 is 12.3. The van der Waals surface area contributed by atoms with Crippen LogP contribution in [-0.2, 0) is 11.3 Å². The number of anilines is 1. The van der Waals surface area contributed by atoms with Crippen LogP contribution in [0.3, 0.4) is 0 Å². The summed E-state index contributed by atoms with van der Waals surface area (Å²) in [5.74, 6) is 1.78. The molecule has 1 aromatic heterocycles. The molecule has 6 nitrogen and oxygen atoms in total. The summed E-state index contributed by atoms with van der Waals surface area (Å²) in [5, 5.41) is 3.67. The first kappa shape index (κ1) is 18.8. The fraction of sp³-hybridized carbons (Fsp3) is 0.200. The van der Waals surface area contributed by atoms with Crippen molar-refractivity contribution in [3.8, 4) is 11.5 Å². The molecule has 0 aliphatic carbocycles. The van der Waals surface area contributed by atoms with E-state index in [9.17, 15) is 4.79 Å². The molecule has 0 saturated heterocycles. The quantitative estimate of drug-likeness (QED) is 0.601. The molecule has 0 bridgehead atoms. The zero-order valence-electron chi connectivity index (χ0n) is 15.2. The number of hydrogen-bond acceptors (Lipinski definition) is 5. The standard InChI is InChI=1S/C20H21N3O3S/c1-25-17-7-3-15(4-8-17)13-23-12-11-21-20(23)27-14-19(24)22-16-5-9-18(26-2)10-6-16/h3-12H,13-14H2,1-2H3,(H,22,24). The number of methoxy groups -OCH3 is 2. The van der Waals surface area contributed by atoms with Crippen molar-refractivity contribution in [2.75, 3.05) is 25.3 Å². The van der Waals surface area contributed by atoms with Crippen LogP contribution in [-0.4, -0.2) is 35.4 Å². The van der Waals surface area contributed by atoms with Gasteiger partial charge in [0.05, 0.1) is 20.0 Å². The number of rotatable bonds is 8. The minimum absolute atomic E-state index is 0.0795.